The highest BCUT2D eigenvalue weighted by Gasteiger charge is 1.88. The summed E-state index contributed by atoms with van der Waals surface area (Å²) in [5, 5.41) is 0. The average Bonchev–Trinajstić information content (AvgIpc) is 2.22. The van der Waals surface area contributed by atoms with E-state index in [2.05, 4.69) is 50.3 Å². The summed E-state index contributed by atoms with van der Waals surface area (Å²) < 4.78 is 0. The van der Waals surface area contributed by atoms with Crippen LogP contribution in [0.5, 0.6) is 0 Å². The minimum Gasteiger partial charge on any atom is -0.0623 e. The monoisotopic (exact) mass is 198 g/mol. The van der Waals surface area contributed by atoms with E-state index in [1.165, 1.54) is 11.1 Å². The highest BCUT2D eigenvalue weighted by molar-refractivity contribution is 5.33. The van der Waals surface area contributed by atoms with Crippen molar-refractivity contribution < 1.29 is 0 Å². The maximum absolute atomic E-state index is 2.22. The molecule has 0 heterocycles. The van der Waals surface area contributed by atoms with Crippen LogP contribution in [-0.4, -0.2) is 0 Å². The van der Waals surface area contributed by atoms with Crippen LogP contribution in [0.15, 0.2) is 71.9 Å². The van der Waals surface area contributed by atoms with E-state index in [1.54, 1.807) is 0 Å². The van der Waals surface area contributed by atoms with Crippen LogP contribution in [0, 0.1) is 0 Å². The van der Waals surface area contributed by atoms with Crippen molar-refractivity contribution in [3.05, 3.63) is 71.9 Å². The molecule has 0 fully saturated rings. The second-order valence-electron chi connectivity index (χ2n) is 3.50. The molecule has 1 aliphatic rings. The predicted molar refractivity (Wildman–Crippen MR) is 68.7 cm³/mol. The zero-order valence-corrected chi connectivity index (χ0v) is 9.48. The van der Waals surface area contributed by atoms with Gasteiger partial charge in [0.25, 0.3) is 0 Å². The van der Waals surface area contributed by atoms with E-state index in [-0.39, 0.29) is 0 Å². The Bertz CT molecular complexity index is 357. The van der Waals surface area contributed by atoms with Gasteiger partial charge in [-0.1, -0.05) is 73.3 Å². The summed E-state index contributed by atoms with van der Waals surface area (Å²) in [5.41, 5.74) is 2.64. The molecule has 0 aromatic carbocycles. The van der Waals surface area contributed by atoms with Crippen LogP contribution in [0.4, 0.5) is 0 Å². The van der Waals surface area contributed by atoms with E-state index in [1.807, 2.05) is 24.3 Å². The summed E-state index contributed by atoms with van der Waals surface area (Å²) in [6, 6.07) is 0. The normalized spacial score (nSPS) is 16.7. The molecule has 1 aliphatic carbocycles. The van der Waals surface area contributed by atoms with E-state index in [4.69, 9.17) is 0 Å². The van der Waals surface area contributed by atoms with Crippen molar-refractivity contribution in [2.24, 2.45) is 0 Å². The fourth-order valence-corrected chi connectivity index (χ4v) is 1.32. The lowest BCUT2D eigenvalue weighted by molar-refractivity contribution is 1.14. The minimum atomic E-state index is 1.06. The standard InChI is InChI=1S/C15H18/c1-3-15-12-10-8-6-4-5-7-9-11-14(2)13-15/h4-13H,3H2,1-2H3. The van der Waals surface area contributed by atoms with Crippen LogP contribution >= 0.6 is 0 Å². The third-order valence-electron chi connectivity index (χ3n) is 2.16. The zero-order chi connectivity index (χ0) is 10.9. The third-order valence-corrected chi connectivity index (χ3v) is 2.16. The van der Waals surface area contributed by atoms with E-state index < -0.39 is 0 Å². The van der Waals surface area contributed by atoms with Crippen LogP contribution < -0.4 is 0 Å². The van der Waals surface area contributed by atoms with Crippen molar-refractivity contribution in [2.45, 2.75) is 20.3 Å². The average molecular weight is 198 g/mol. The quantitative estimate of drug-likeness (QED) is 0.581. The molecule has 0 amide bonds. The van der Waals surface area contributed by atoms with Gasteiger partial charge >= 0.3 is 0 Å². The van der Waals surface area contributed by atoms with Gasteiger partial charge in [0.1, 0.15) is 0 Å². The van der Waals surface area contributed by atoms with Gasteiger partial charge in [0.15, 0.2) is 0 Å². The molecule has 78 valence electrons. The molecule has 0 saturated heterocycles. The molecule has 0 unspecified atom stereocenters. The number of rotatable bonds is 1. The molecule has 0 aliphatic heterocycles. The molecule has 0 atom stereocenters. The van der Waals surface area contributed by atoms with Gasteiger partial charge in [-0.25, -0.2) is 0 Å². The van der Waals surface area contributed by atoms with Crippen molar-refractivity contribution in [2.75, 3.05) is 0 Å². The molecule has 0 nitrogen and oxygen atoms in total. The molecule has 0 bridgehead atoms. The summed E-state index contributed by atoms with van der Waals surface area (Å²) in [6.45, 7) is 4.30. The molecule has 0 aromatic rings. The second-order valence-corrected chi connectivity index (χ2v) is 3.50. The van der Waals surface area contributed by atoms with Crippen LogP contribution in [0.2, 0.25) is 0 Å². The third kappa shape index (κ3) is 5.02. The lowest BCUT2D eigenvalue weighted by Crippen LogP contribution is -1.77. The molecule has 15 heavy (non-hydrogen) atoms. The lowest BCUT2D eigenvalue weighted by atomic mass is 10.1. The maximum Gasteiger partial charge on any atom is -0.0307 e. The van der Waals surface area contributed by atoms with Crippen molar-refractivity contribution in [3.63, 3.8) is 0 Å². The van der Waals surface area contributed by atoms with Crippen molar-refractivity contribution in [3.8, 4) is 0 Å². The molecule has 0 radical (unpaired) electrons. The van der Waals surface area contributed by atoms with Gasteiger partial charge in [0, 0.05) is 0 Å². The molecule has 1 rings (SSSR count). The van der Waals surface area contributed by atoms with Gasteiger partial charge in [0.2, 0.25) is 0 Å². The SMILES string of the molecule is CCC1=CC(C)=CC=CC=CC=CC=C1. The van der Waals surface area contributed by atoms with Crippen molar-refractivity contribution >= 4 is 0 Å². The van der Waals surface area contributed by atoms with Gasteiger partial charge < -0.3 is 0 Å². The summed E-state index contributed by atoms with van der Waals surface area (Å²) in [5.74, 6) is 0. The Morgan fingerprint density at radius 2 is 1.47 bits per heavy atom. The molecule has 0 heteroatoms. The summed E-state index contributed by atoms with van der Waals surface area (Å²) >= 11 is 0. The molecule has 0 aromatic heterocycles. The smallest absolute Gasteiger partial charge is 0.0307 e. The number of hydrogen-bond donors (Lipinski definition) is 0. The Hall–Kier alpha value is -1.56. The summed E-state index contributed by atoms with van der Waals surface area (Å²) in [4.78, 5) is 0. The highest BCUT2D eigenvalue weighted by atomic mass is 13.9. The van der Waals surface area contributed by atoms with Gasteiger partial charge in [-0.15, -0.1) is 0 Å². The predicted octanol–water partition coefficient (Wildman–Crippen LogP) is 4.51. The van der Waals surface area contributed by atoms with E-state index in [0.29, 0.717) is 0 Å². The van der Waals surface area contributed by atoms with Crippen LogP contribution in [0.3, 0.4) is 0 Å². The van der Waals surface area contributed by atoms with E-state index in [9.17, 15) is 0 Å². The highest BCUT2D eigenvalue weighted by Crippen LogP contribution is 2.08. The Labute approximate surface area is 92.7 Å². The molecule has 0 saturated carbocycles. The fourth-order valence-electron chi connectivity index (χ4n) is 1.32. The van der Waals surface area contributed by atoms with Gasteiger partial charge in [-0.05, 0) is 18.9 Å². The van der Waals surface area contributed by atoms with Gasteiger partial charge in [0.05, 0.1) is 0 Å². The summed E-state index contributed by atoms with van der Waals surface area (Å²) in [6.07, 6.45) is 21.9. The van der Waals surface area contributed by atoms with Gasteiger partial charge in [-0.2, -0.15) is 0 Å². The minimum absolute atomic E-state index is 1.06. The van der Waals surface area contributed by atoms with Crippen LogP contribution in [0.1, 0.15) is 20.3 Å². The second kappa shape index (κ2) is 6.83. The Morgan fingerprint density at radius 1 is 0.867 bits per heavy atom. The van der Waals surface area contributed by atoms with E-state index in [0.717, 1.165) is 6.42 Å². The maximum atomic E-state index is 2.22. The van der Waals surface area contributed by atoms with Gasteiger partial charge in [-0.3, -0.25) is 0 Å². The van der Waals surface area contributed by atoms with Crippen molar-refractivity contribution in [1.82, 2.24) is 0 Å². The topological polar surface area (TPSA) is 0 Å². The van der Waals surface area contributed by atoms with E-state index >= 15 is 0 Å². The first-order valence-electron chi connectivity index (χ1n) is 5.38. The Balaban J connectivity index is 2.94. The molecular weight excluding hydrogens is 180 g/mol. The Morgan fingerprint density at radius 3 is 2.13 bits per heavy atom. The van der Waals surface area contributed by atoms with Crippen LogP contribution in [-0.2, 0) is 0 Å². The first kappa shape index (κ1) is 11.5. The molecular formula is C15H18. The lowest BCUT2D eigenvalue weighted by Gasteiger charge is -1.97. The fraction of sp³-hybridized carbons (Fsp3) is 0.200. The number of hydrogen-bond acceptors (Lipinski definition) is 0. The van der Waals surface area contributed by atoms with Crippen LogP contribution in [0.25, 0.3) is 0 Å². The zero-order valence-electron chi connectivity index (χ0n) is 9.48. The van der Waals surface area contributed by atoms with Crippen molar-refractivity contribution in [1.29, 1.82) is 0 Å². The number of allylic oxidation sites excluding steroid dienone is 12. The largest absolute Gasteiger partial charge is 0.0623 e. The molecule has 0 spiro atoms. The first-order chi connectivity index (χ1) is 7.33. The molecule has 0 N–H and O–H groups in total. The summed E-state index contributed by atoms with van der Waals surface area (Å²) in [7, 11) is 0. The first-order valence-corrected chi connectivity index (χ1v) is 5.38. The Kier molecular flexibility index (Phi) is 5.24.